The number of ether oxygens (including phenoxy) is 2. The van der Waals surface area contributed by atoms with Gasteiger partial charge in [-0.2, -0.15) is 0 Å². The van der Waals surface area contributed by atoms with Gasteiger partial charge in [0.2, 0.25) is 0 Å². The maximum Gasteiger partial charge on any atom is 0.120 e. The van der Waals surface area contributed by atoms with Gasteiger partial charge in [-0.1, -0.05) is 12.2 Å². The standard InChI is InChI=1S/C13H18N2O3S/c1-17-9-2-3-11(13(14)19)12(6-9)15-4-5-18-10(7-15)8-16/h2-3,6,10,16H,4-5,7-8H2,1H3,(H2,14,19). The van der Waals surface area contributed by atoms with E-state index in [4.69, 9.17) is 27.4 Å². The van der Waals surface area contributed by atoms with Gasteiger partial charge in [0.15, 0.2) is 0 Å². The van der Waals surface area contributed by atoms with Crippen molar-refractivity contribution in [3.8, 4) is 5.75 Å². The Hall–Kier alpha value is -1.37. The molecule has 6 heteroatoms. The number of aliphatic hydroxyl groups excluding tert-OH is 1. The summed E-state index contributed by atoms with van der Waals surface area (Å²) in [6.07, 6.45) is -0.181. The summed E-state index contributed by atoms with van der Waals surface area (Å²) in [5.74, 6) is 0.752. The molecule has 1 fully saturated rings. The molecule has 104 valence electrons. The molecule has 2 rings (SSSR count). The van der Waals surface area contributed by atoms with Crippen LogP contribution in [-0.4, -0.2) is 49.6 Å². The van der Waals surface area contributed by atoms with Crippen molar-refractivity contribution in [2.24, 2.45) is 5.73 Å². The minimum absolute atomic E-state index is 0.00285. The minimum atomic E-state index is -0.181. The maximum atomic E-state index is 9.21. The molecule has 5 nitrogen and oxygen atoms in total. The Kier molecular flexibility index (Phi) is 4.57. The molecular weight excluding hydrogens is 264 g/mol. The quantitative estimate of drug-likeness (QED) is 0.785. The second-order valence-electron chi connectivity index (χ2n) is 4.37. The Morgan fingerprint density at radius 1 is 1.63 bits per heavy atom. The number of morpholine rings is 1. The third-order valence-corrected chi connectivity index (χ3v) is 3.37. The number of hydrogen-bond donors (Lipinski definition) is 2. The minimum Gasteiger partial charge on any atom is -0.497 e. The molecule has 3 N–H and O–H groups in total. The van der Waals surface area contributed by atoms with Crippen molar-refractivity contribution in [1.82, 2.24) is 0 Å². The second kappa shape index (κ2) is 6.18. The zero-order chi connectivity index (χ0) is 13.8. The predicted molar refractivity (Wildman–Crippen MR) is 77.9 cm³/mol. The Bertz CT molecular complexity index is 467. The van der Waals surface area contributed by atoms with E-state index < -0.39 is 0 Å². The first-order chi connectivity index (χ1) is 9.15. The molecule has 1 aliphatic rings. The summed E-state index contributed by atoms with van der Waals surface area (Å²) in [5, 5.41) is 9.21. The van der Waals surface area contributed by atoms with E-state index in [0.717, 1.165) is 23.5 Å². The molecule has 1 atom stereocenters. The molecule has 0 radical (unpaired) electrons. The van der Waals surface area contributed by atoms with Crippen molar-refractivity contribution in [3.63, 3.8) is 0 Å². The van der Waals surface area contributed by atoms with Crippen molar-refractivity contribution >= 4 is 22.9 Å². The molecular formula is C13H18N2O3S. The highest BCUT2D eigenvalue weighted by molar-refractivity contribution is 7.80. The highest BCUT2D eigenvalue weighted by Crippen LogP contribution is 2.27. The molecule has 1 unspecified atom stereocenters. The number of rotatable bonds is 4. The lowest BCUT2D eigenvalue weighted by atomic mass is 10.1. The maximum absolute atomic E-state index is 9.21. The fraction of sp³-hybridized carbons (Fsp3) is 0.462. The summed E-state index contributed by atoms with van der Waals surface area (Å²) in [5.41, 5.74) is 7.50. The number of thiocarbonyl (C=S) groups is 1. The van der Waals surface area contributed by atoms with Gasteiger partial charge in [-0.25, -0.2) is 0 Å². The van der Waals surface area contributed by atoms with Crippen LogP contribution >= 0.6 is 12.2 Å². The normalized spacial score (nSPS) is 19.3. The van der Waals surface area contributed by atoms with E-state index >= 15 is 0 Å². The Balaban J connectivity index is 2.32. The van der Waals surface area contributed by atoms with Gasteiger partial charge < -0.3 is 25.2 Å². The molecule has 0 bridgehead atoms. The first-order valence-corrected chi connectivity index (χ1v) is 6.51. The number of nitrogens with two attached hydrogens (primary N) is 1. The van der Waals surface area contributed by atoms with Crippen molar-refractivity contribution in [2.45, 2.75) is 6.10 Å². The largest absolute Gasteiger partial charge is 0.497 e. The summed E-state index contributed by atoms with van der Waals surface area (Å²) >= 11 is 5.09. The van der Waals surface area contributed by atoms with Gasteiger partial charge in [-0.05, 0) is 12.1 Å². The molecule has 19 heavy (non-hydrogen) atoms. The molecule has 1 saturated heterocycles. The van der Waals surface area contributed by atoms with Crippen LogP contribution in [0.2, 0.25) is 0 Å². The van der Waals surface area contributed by atoms with Gasteiger partial charge in [0.1, 0.15) is 10.7 Å². The Morgan fingerprint density at radius 2 is 2.42 bits per heavy atom. The fourth-order valence-electron chi connectivity index (χ4n) is 2.16. The third-order valence-electron chi connectivity index (χ3n) is 3.15. The van der Waals surface area contributed by atoms with Crippen LogP contribution in [0.1, 0.15) is 5.56 Å². The van der Waals surface area contributed by atoms with Crippen LogP contribution in [0.4, 0.5) is 5.69 Å². The topological polar surface area (TPSA) is 68.0 Å². The first kappa shape index (κ1) is 14.0. The van der Waals surface area contributed by atoms with E-state index in [2.05, 4.69) is 4.90 Å². The summed E-state index contributed by atoms with van der Waals surface area (Å²) in [4.78, 5) is 2.46. The van der Waals surface area contributed by atoms with Gasteiger partial charge in [-0.3, -0.25) is 0 Å². The number of benzene rings is 1. The number of methoxy groups -OCH3 is 1. The van der Waals surface area contributed by atoms with Crippen LogP contribution in [0.15, 0.2) is 18.2 Å². The van der Waals surface area contributed by atoms with Gasteiger partial charge in [-0.15, -0.1) is 0 Å². The zero-order valence-corrected chi connectivity index (χ0v) is 11.7. The van der Waals surface area contributed by atoms with Gasteiger partial charge >= 0.3 is 0 Å². The predicted octanol–water partition coefficient (Wildman–Crippen LogP) is 0.527. The van der Waals surface area contributed by atoms with Crippen LogP contribution in [0.3, 0.4) is 0 Å². The molecule has 0 amide bonds. The van der Waals surface area contributed by atoms with Gasteiger partial charge in [0.05, 0.1) is 32.1 Å². The van der Waals surface area contributed by atoms with Crippen molar-refractivity contribution in [2.75, 3.05) is 38.3 Å². The smallest absolute Gasteiger partial charge is 0.120 e. The molecule has 1 aromatic carbocycles. The number of nitrogens with zero attached hydrogens (tertiary/aromatic N) is 1. The zero-order valence-electron chi connectivity index (χ0n) is 10.8. The number of anilines is 1. The second-order valence-corrected chi connectivity index (χ2v) is 4.81. The number of hydrogen-bond acceptors (Lipinski definition) is 5. The number of aliphatic hydroxyl groups is 1. The summed E-state index contributed by atoms with van der Waals surface area (Å²) in [6.45, 7) is 1.92. The third kappa shape index (κ3) is 3.15. The summed E-state index contributed by atoms with van der Waals surface area (Å²) in [6, 6.07) is 5.61. The average molecular weight is 282 g/mol. The van der Waals surface area contributed by atoms with E-state index in [1.807, 2.05) is 18.2 Å². The van der Waals surface area contributed by atoms with Crippen LogP contribution in [0, 0.1) is 0 Å². The van der Waals surface area contributed by atoms with Crippen LogP contribution in [0.5, 0.6) is 5.75 Å². The molecule has 0 spiro atoms. The van der Waals surface area contributed by atoms with Crippen LogP contribution in [-0.2, 0) is 4.74 Å². The molecule has 0 saturated carbocycles. The van der Waals surface area contributed by atoms with E-state index in [0.29, 0.717) is 18.1 Å². The van der Waals surface area contributed by atoms with E-state index in [-0.39, 0.29) is 12.7 Å². The van der Waals surface area contributed by atoms with Crippen LogP contribution in [0.25, 0.3) is 0 Å². The lowest BCUT2D eigenvalue weighted by molar-refractivity contribution is 0.00355. The summed E-state index contributed by atoms with van der Waals surface area (Å²) < 4.78 is 10.7. The van der Waals surface area contributed by atoms with E-state index in [1.165, 1.54) is 0 Å². The van der Waals surface area contributed by atoms with E-state index in [1.54, 1.807) is 7.11 Å². The van der Waals surface area contributed by atoms with Crippen molar-refractivity contribution < 1.29 is 14.6 Å². The molecule has 0 aliphatic carbocycles. The Morgan fingerprint density at radius 3 is 3.05 bits per heavy atom. The van der Waals surface area contributed by atoms with Gasteiger partial charge in [0.25, 0.3) is 0 Å². The summed E-state index contributed by atoms with van der Waals surface area (Å²) in [7, 11) is 1.62. The lowest BCUT2D eigenvalue weighted by Crippen LogP contribution is -2.44. The first-order valence-electron chi connectivity index (χ1n) is 6.11. The lowest BCUT2D eigenvalue weighted by Gasteiger charge is -2.35. The molecule has 1 aromatic rings. The van der Waals surface area contributed by atoms with Crippen LogP contribution < -0.4 is 15.4 Å². The molecule has 1 heterocycles. The van der Waals surface area contributed by atoms with Crippen molar-refractivity contribution in [3.05, 3.63) is 23.8 Å². The Labute approximate surface area is 117 Å². The molecule has 1 aliphatic heterocycles. The SMILES string of the molecule is COc1ccc(C(N)=S)c(N2CCOC(CO)C2)c1. The fourth-order valence-corrected chi connectivity index (χ4v) is 2.33. The molecule has 0 aromatic heterocycles. The highest BCUT2D eigenvalue weighted by atomic mass is 32.1. The highest BCUT2D eigenvalue weighted by Gasteiger charge is 2.22. The monoisotopic (exact) mass is 282 g/mol. The average Bonchev–Trinajstić information content (AvgIpc) is 2.46. The van der Waals surface area contributed by atoms with Gasteiger partial charge in [0, 0.05) is 24.7 Å². The van der Waals surface area contributed by atoms with E-state index in [9.17, 15) is 5.11 Å². The van der Waals surface area contributed by atoms with Crippen molar-refractivity contribution in [1.29, 1.82) is 0 Å².